The first kappa shape index (κ1) is 18.9. The van der Waals surface area contributed by atoms with Gasteiger partial charge in [0, 0.05) is 13.2 Å². The fourth-order valence-electron chi connectivity index (χ4n) is 3.77. The maximum absolute atomic E-state index is 13.2. The van der Waals surface area contributed by atoms with Gasteiger partial charge in [0.25, 0.3) is 0 Å². The highest BCUT2D eigenvalue weighted by molar-refractivity contribution is 7.94. The monoisotopic (exact) mass is 406 g/mol. The molecule has 1 aromatic heterocycles. The number of aromatic hydroxyl groups is 1. The number of para-hydroxylation sites is 1. The Hall–Kier alpha value is -2.46. The average Bonchev–Trinajstić information content (AvgIpc) is 3.10. The summed E-state index contributed by atoms with van der Waals surface area (Å²) in [5.41, 5.74) is 0.434. The Bertz CT molecular complexity index is 977. The number of carbonyl (C=O) groups excluding carboxylic acids is 1. The molecule has 1 saturated heterocycles. The molecule has 3 N–H and O–H groups in total. The molecule has 2 fully saturated rings. The lowest BCUT2D eigenvalue weighted by Crippen LogP contribution is -2.58. The number of rotatable bonds is 5. The maximum Gasteiger partial charge on any atom is 0.249 e. The van der Waals surface area contributed by atoms with Crippen LogP contribution in [0.25, 0.3) is 11.4 Å². The van der Waals surface area contributed by atoms with E-state index >= 15 is 0 Å². The molecule has 0 unspecified atom stereocenters. The molecule has 1 amide bonds. The number of hydrogen-bond acceptors (Lipinski definition) is 7. The molecule has 1 aromatic carbocycles. The molecular weight excluding hydrogens is 384 g/mol. The highest BCUT2D eigenvalue weighted by Gasteiger charge is 2.57. The first-order valence-electron chi connectivity index (χ1n) is 9.27. The van der Waals surface area contributed by atoms with Gasteiger partial charge in [-0.3, -0.25) is 15.2 Å². The summed E-state index contributed by atoms with van der Waals surface area (Å²) in [6.07, 6.45) is 2.11. The van der Waals surface area contributed by atoms with E-state index in [1.165, 1.54) is 6.07 Å². The number of hydrogen-bond donors (Lipinski definition) is 3. The first-order chi connectivity index (χ1) is 13.4. The standard InChI is InChI=1S/C18H22N4O5S/c23-14-5-2-1-4-13(14)15-19-17(22-21-15)20-16(24)18(8-3-9-18)28(25,26)12-6-10-27-11-7-12/h1-2,4-5,12,23H,3,6-11H2,(H2,19,20,21,22,24). The summed E-state index contributed by atoms with van der Waals surface area (Å²) in [6, 6.07) is 6.59. The van der Waals surface area contributed by atoms with Gasteiger partial charge in [-0.25, -0.2) is 8.42 Å². The topological polar surface area (TPSA) is 134 Å². The highest BCUT2D eigenvalue weighted by Crippen LogP contribution is 2.44. The summed E-state index contributed by atoms with van der Waals surface area (Å²) < 4.78 is 30.2. The van der Waals surface area contributed by atoms with Crippen LogP contribution in [0.2, 0.25) is 0 Å². The quantitative estimate of drug-likeness (QED) is 0.687. The lowest BCUT2D eigenvalue weighted by molar-refractivity contribution is -0.120. The van der Waals surface area contributed by atoms with E-state index in [2.05, 4.69) is 20.5 Å². The molecule has 1 aliphatic heterocycles. The van der Waals surface area contributed by atoms with Crippen molar-refractivity contribution in [3.63, 3.8) is 0 Å². The Labute approximate surface area is 162 Å². The van der Waals surface area contributed by atoms with Crippen molar-refractivity contribution >= 4 is 21.7 Å². The van der Waals surface area contributed by atoms with Crippen molar-refractivity contribution in [2.24, 2.45) is 0 Å². The number of ether oxygens (including phenoxy) is 1. The molecule has 2 aliphatic rings. The number of sulfone groups is 1. The molecule has 0 spiro atoms. The Morgan fingerprint density at radius 1 is 1.25 bits per heavy atom. The van der Waals surface area contributed by atoms with Crippen LogP contribution in [-0.2, 0) is 19.4 Å². The van der Waals surface area contributed by atoms with Gasteiger partial charge in [-0.2, -0.15) is 4.98 Å². The number of benzene rings is 1. The molecule has 1 aliphatic carbocycles. The second-order valence-electron chi connectivity index (χ2n) is 7.18. The van der Waals surface area contributed by atoms with Crippen molar-refractivity contribution in [1.29, 1.82) is 0 Å². The molecular formula is C18H22N4O5S. The number of aromatic amines is 1. The minimum absolute atomic E-state index is 0.0169. The second-order valence-corrected chi connectivity index (χ2v) is 9.72. The van der Waals surface area contributed by atoms with Gasteiger partial charge >= 0.3 is 0 Å². The van der Waals surface area contributed by atoms with E-state index in [0.29, 0.717) is 50.9 Å². The Balaban J connectivity index is 1.55. The van der Waals surface area contributed by atoms with Crippen molar-refractivity contribution in [2.75, 3.05) is 18.5 Å². The minimum Gasteiger partial charge on any atom is -0.507 e. The summed E-state index contributed by atoms with van der Waals surface area (Å²) in [5, 5.41) is 18.5. The van der Waals surface area contributed by atoms with Crippen LogP contribution in [-0.4, -0.2) is 57.8 Å². The SMILES string of the molecule is O=C(Nc1n[nH]c(-c2ccccc2O)n1)C1(S(=O)(=O)C2CCOCC2)CCC1. The van der Waals surface area contributed by atoms with Crippen LogP contribution in [0, 0.1) is 0 Å². The summed E-state index contributed by atoms with van der Waals surface area (Å²) >= 11 is 0. The number of phenolic OH excluding ortho intramolecular Hbond substituents is 1. The van der Waals surface area contributed by atoms with Crippen molar-refractivity contribution in [1.82, 2.24) is 15.2 Å². The minimum atomic E-state index is -3.66. The lowest BCUT2D eigenvalue weighted by Gasteiger charge is -2.42. The molecule has 2 heterocycles. The van der Waals surface area contributed by atoms with Crippen LogP contribution < -0.4 is 5.32 Å². The van der Waals surface area contributed by atoms with Crippen molar-refractivity contribution in [2.45, 2.75) is 42.1 Å². The van der Waals surface area contributed by atoms with Gasteiger partial charge in [0.05, 0.1) is 10.8 Å². The smallest absolute Gasteiger partial charge is 0.249 e. The van der Waals surface area contributed by atoms with Crippen LogP contribution in [0.5, 0.6) is 5.75 Å². The van der Waals surface area contributed by atoms with E-state index in [1.54, 1.807) is 18.2 Å². The number of carbonyl (C=O) groups is 1. The third-order valence-corrected chi connectivity index (χ3v) is 8.63. The Morgan fingerprint density at radius 2 is 1.96 bits per heavy atom. The average molecular weight is 406 g/mol. The normalized spacial score (nSPS) is 19.7. The van der Waals surface area contributed by atoms with Gasteiger partial charge in [-0.1, -0.05) is 12.1 Å². The third kappa shape index (κ3) is 3.06. The highest BCUT2D eigenvalue weighted by atomic mass is 32.2. The van der Waals surface area contributed by atoms with Gasteiger partial charge in [0.1, 0.15) is 5.75 Å². The molecule has 10 heteroatoms. The molecule has 0 atom stereocenters. The Kier molecular flexibility index (Phi) is 4.84. The predicted octanol–water partition coefficient (Wildman–Crippen LogP) is 1.63. The summed E-state index contributed by atoms with van der Waals surface area (Å²) in [5.74, 6) is -0.304. The van der Waals surface area contributed by atoms with Gasteiger partial charge in [0.15, 0.2) is 20.4 Å². The number of H-pyrrole nitrogens is 1. The predicted molar refractivity (Wildman–Crippen MR) is 101 cm³/mol. The molecule has 4 rings (SSSR count). The largest absolute Gasteiger partial charge is 0.507 e. The summed E-state index contributed by atoms with van der Waals surface area (Å²) in [7, 11) is -3.66. The molecule has 0 bridgehead atoms. The van der Waals surface area contributed by atoms with E-state index in [-0.39, 0.29) is 17.5 Å². The summed E-state index contributed by atoms with van der Waals surface area (Å²) in [6.45, 7) is 0.791. The zero-order valence-electron chi connectivity index (χ0n) is 15.2. The third-order valence-electron chi connectivity index (χ3n) is 5.60. The van der Waals surface area contributed by atoms with Crippen molar-refractivity contribution in [3.8, 4) is 17.1 Å². The van der Waals surface area contributed by atoms with Gasteiger partial charge in [-0.05, 0) is 44.2 Å². The van der Waals surface area contributed by atoms with Crippen LogP contribution >= 0.6 is 0 Å². The molecule has 2 aromatic rings. The Morgan fingerprint density at radius 3 is 2.61 bits per heavy atom. The number of amides is 1. The number of aromatic nitrogens is 3. The number of anilines is 1. The van der Waals surface area contributed by atoms with E-state index in [1.807, 2.05) is 0 Å². The van der Waals surface area contributed by atoms with Crippen LogP contribution in [0.15, 0.2) is 24.3 Å². The fraction of sp³-hybridized carbons (Fsp3) is 0.500. The molecule has 9 nitrogen and oxygen atoms in total. The van der Waals surface area contributed by atoms with Crippen molar-refractivity contribution < 1.29 is 23.1 Å². The number of nitrogens with one attached hydrogen (secondary N) is 2. The first-order valence-corrected chi connectivity index (χ1v) is 10.8. The van der Waals surface area contributed by atoms with Crippen LogP contribution in [0.3, 0.4) is 0 Å². The van der Waals surface area contributed by atoms with E-state index in [0.717, 1.165) is 0 Å². The molecule has 1 saturated carbocycles. The zero-order chi connectivity index (χ0) is 19.8. The fourth-order valence-corrected chi connectivity index (χ4v) is 6.39. The van der Waals surface area contributed by atoms with E-state index in [4.69, 9.17) is 4.74 Å². The van der Waals surface area contributed by atoms with Crippen LogP contribution in [0.4, 0.5) is 5.95 Å². The zero-order valence-corrected chi connectivity index (χ0v) is 16.0. The molecule has 28 heavy (non-hydrogen) atoms. The molecule has 150 valence electrons. The lowest BCUT2D eigenvalue weighted by atomic mass is 9.83. The van der Waals surface area contributed by atoms with Gasteiger partial charge in [-0.15, -0.1) is 5.10 Å². The van der Waals surface area contributed by atoms with Gasteiger partial charge in [0.2, 0.25) is 11.9 Å². The maximum atomic E-state index is 13.2. The second kappa shape index (κ2) is 7.17. The molecule has 0 radical (unpaired) electrons. The number of nitrogens with zero attached hydrogens (tertiary/aromatic N) is 2. The number of phenols is 1. The van der Waals surface area contributed by atoms with Crippen LogP contribution in [0.1, 0.15) is 32.1 Å². The van der Waals surface area contributed by atoms with Gasteiger partial charge < -0.3 is 9.84 Å². The van der Waals surface area contributed by atoms with E-state index < -0.39 is 25.7 Å². The van der Waals surface area contributed by atoms with E-state index in [9.17, 15) is 18.3 Å². The van der Waals surface area contributed by atoms with Crippen molar-refractivity contribution in [3.05, 3.63) is 24.3 Å². The summed E-state index contributed by atoms with van der Waals surface area (Å²) in [4.78, 5) is 17.1.